The molecule has 2 aliphatic rings. The second kappa shape index (κ2) is 7.54. The van der Waals surface area contributed by atoms with E-state index in [9.17, 15) is 23.2 Å². The van der Waals surface area contributed by atoms with Crippen LogP contribution in [0.3, 0.4) is 0 Å². The van der Waals surface area contributed by atoms with E-state index in [0.717, 1.165) is 0 Å². The number of benzene rings is 1. The summed E-state index contributed by atoms with van der Waals surface area (Å²) in [6.07, 6.45) is -2.61. The Morgan fingerprint density at radius 3 is 2.42 bits per heavy atom. The van der Waals surface area contributed by atoms with Gasteiger partial charge >= 0.3 is 6.09 Å². The molecule has 0 radical (unpaired) electrons. The number of ether oxygens (including phenoxy) is 1. The summed E-state index contributed by atoms with van der Waals surface area (Å²) < 4.78 is 32.1. The van der Waals surface area contributed by atoms with Gasteiger partial charge in [0.25, 0.3) is 5.91 Å². The van der Waals surface area contributed by atoms with Gasteiger partial charge in [-0.05, 0) is 12.1 Å². The molecule has 2 amide bonds. The minimum Gasteiger partial charge on any atom is -0.432 e. The van der Waals surface area contributed by atoms with Crippen LogP contribution >= 0.6 is 0 Å². The van der Waals surface area contributed by atoms with E-state index in [1.54, 1.807) is 30.3 Å². The van der Waals surface area contributed by atoms with E-state index >= 15 is 0 Å². The van der Waals surface area contributed by atoms with Crippen LogP contribution in [0.2, 0.25) is 0 Å². The van der Waals surface area contributed by atoms with Crippen molar-refractivity contribution in [3.8, 4) is 17.3 Å². The number of ketones is 1. The van der Waals surface area contributed by atoms with Crippen LogP contribution in [0, 0.1) is 11.3 Å². The van der Waals surface area contributed by atoms with Gasteiger partial charge in [-0.1, -0.05) is 30.3 Å². The summed E-state index contributed by atoms with van der Waals surface area (Å²) in [5.41, 5.74) is 0.176. The molecule has 2 fully saturated rings. The van der Waals surface area contributed by atoms with Gasteiger partial charge in [0.05, 0.1) is 12.2 Å². The number of alkyl halides is 2. The van der Waals surface area contributed by atoms with Crippen LogP contribution in [-0.2, 0) is 9.53 Å². The summed E-state index contributed by atoms with van der Waals surface area (Å²) in [6, 6.07) is 13.3. The molecule has 1 saturated carbocycles. The Hall–Kier alpha value is -3.67. The largest absolute Gasteiger partial charge is 0.432 e. The van der Waals surface area contributed by atoms with E-state index in [4.69, 9.17) is 10.00 Å². The highest BCUT2D eigenvalue weighted by molar-refractivity contribution is 6.08. The number of halogens is 2. The van der Waals surface area contributed by atoms with Crippen LogP contribution in [0.15, 0.2) is 42.5 Å². The third kappa shape index (κ3) is 3.89. The fourth-order valence-corrected chi connectivity index (χ4v) is 3.79. The number of carbonyl (C=O) groups is 3. The molecule has 2 aromatic rings. The SMILES string of the molecule is N#Cc1cccc(-c2ccc(C(=O)CN3C(=O)OC4(CCC(F)(F)CC4)C3=O)cc2)n1. The molecule has 9 heteroatoms. The maximum absolute atomic E-state index is 13.5. The van der Waals surface area contributed by atoms with Gasteiger partial charge in [0, 0.05) is 36.8 Å². The highest BCUT2D eigenvalue weighted by atomic mass is 19.3. The molecule has 1 aliphatic heterocycles. The molecule has 0 unspecified atom stereocenters. The smallest absolute Gasteiger partial charge is 0.418 e. The van der Waals surface area contributed by atoms with Crippen LogP contribution in [-0.4, -0.2) is 45.7 Å². The van der Waals surface area contributed by atoms with E-state index < -0.39 is 48.7 Å². The first-order valence-corrected chi connectivity index (χ1v) is 9.67. The molecule has 1 aromatic carbocycles. The van der Waals surface area contributed by atoms with Crippen molar-refractivity contribution in [2.24, 2.45) is 0 Å². The lowest BCUT2D eigenvalue weighted by Crippen LogP contribution is -2.47. The maximum atomic E-state index is 13.5. The zero-order valence-electron chi connectivity index (χ0n) is 16.3. The van der Waals surface area contributed by atoms with E-state index in [1.807, 2.05) is 6.07 Å². The number of nitrogens with zero attached hydrogens (tertiary/aromatic N) is 3. The Kier molecular flexibility index (Phi) is 5.01. The minimum atomic E-state index is -2.88. The number of carbonyl (C=O) groups excluding carboxylic acids is 3. The predicted molar refractivity (Wildman–Crippen MR) is 103 cm³/mol. The molecule has 0 bridgehead atoms. The van der Waals surface area contributed by atoms with Crippen LogP contribution in [0.1, 0.15) is 41.7 Å². The second-order valence-corrected chi connectivity index (χ2v) is 7.63. The molecule has 0 N–H and O–H groups in total. The Labute approximate surface area is 176 Å². The van der Waals surface area contributed by atoms with Crippen LogP contribution in [0.25, 0.3) is 11.3 Å². The van der Waals surface area contributed by atoms with E-state index in [2.05, 4.69) is 4.98 Å². The Morgan fingerprint density at radius 1 is 1.10 bits per heavy atom. The van der Waals surface area contributed by atoms with Crippen molar-refractivity contribution >= 4 is 17.8 Å². The first kappa shape index (κ1) is 20.6. The zero-order valence-corrected chi connectivity index (χ0v) is 16.3. The monoisotopic (exact) mass is 425 g/mol. The van der Waals surface area contributed by atoms with Gasteiger partial charge in [-0.25, -0.2) is 23.5 Å². The highest BCUT2D eigenvalue weighted by Gasteiger charge is 2.58. The van der Waals surface area contributed by atoms with E-state index in [1.165, 1.54) is 12.1 Å². The minimum absolute atomic E-state index is 0.261. The van der Waals surface area contributed by atoms with Gasteiger partial charge in [0.15, 0.2) is 11.4 Å². The molecule has 4 rings (SSSR count). The van der Waals surface area contributed by atoms with Gasteiger partial charge in [-0.2, -0.15) is 5.26 Å². The van der Waals surface area contributed by atoms with Crippen molar-refractivity contribution in [3.63, 3.8) is 0 Å². The highest BCUT2D eigenvalue weighted by Crippen LogP contribution is 2.44. The molecule has 1 saturated heterocycles. The number of aromatic nitrogens is 1. The summed E-state index contributed by atoms with van der Waals surface area (Å²) >= 11 is 0. The summed E-state index contributed by atoms with van der Waals surface area (Å²) in [5, 5.41) is 8.96. The van der Waals surface area contributed by atoms with E-state index in [-0.39, 0.29) is 24.1 Å². The molecule has 1 aromatic heterocycles. The van der Waals surface area contributed by atoms with Crippen molar-refractivity contribution in [1.29, 1.82) is 5.26 Å². The third-order valence-corrected chi connectivity index (χ3v) is 5.60. The van der Waals surface area contributed by atoms with Gasteiger partial charge < -0.3 is 4.74 Å². The molecule has 158 valence electrons. The van der Waals surface area contributed by atoms with Gasteiger partial charge in [0.2, 0.25) is 5.92 Å². The second-order valence-electron chi connectivity index (χ2n) is 7.63. The molecule has 1 spiro atoms. The van der Waals surface area contributed by atoms with Gasteiger partial charge in [-0.15, -0.1) is 0 Å². The first-order valence-electron chi connectivity index (χ1n) is 9.67. The Morgan fingerprint density at radius 2 is 1.77 bits per heavy atom. The number of rotatable bonds is 4. The summed E-state index contributed by atoms with van der Waals surface area (Å²) in [6.45, 7) is -0.530. The van der Waals surface area contributed by atoms with Gasteiger partial charge in [0.1, 0.15) is 11.8 Å². The fourth-order valence-electron chi connectivity index (χ4n) is 3.79. The molecule has 0 atom stereocenters. The van der Waals surface area contributed by atoms with Crippen molar-refractivity contribution in [1.82, 2.24) is 9.88 Å². The zero-order chi connectivity index (χ0) is 22.2. The number of amides is 2. The molecule has 2 heterocycles. The normalized spacial score (nSPS) is 19.2. The lowest BCUT2D eigenvalue weighted by Gasteiger charge is -2.33. The Bertz CT molecular complexity index is 1100. The quantitative estimate of drug-likeness (QED) is 0.692. The molecule has 7 nitrogen and oxygen atoms in total. The van der Waals surface area contributed by atoms with Crippen molar-refractivity contribution in [2.75, 3.05) is 6.54 Å². The summed E-state index contributed by atoms with van der Waals surface area (Å²) in [7, 11) is 0. The van der Waals surface area contributed by atoms with Gasteiger partial charge in [-0.3, -0.25) is 9.59 Å². The number of Topliss-reactive ketones (excluding diaryl/α,β-unsaturated/α-hetero) is 1. The lowest BCUT2D eigenvalue weighted by atomic mass is 9.82. The standard InChI is InChI=1S/C22H17F2N3O4/c23-22(24)10-8-21(9-11-22)19(29)27(20(30)31-21)13-18(28)15-6-4-14(5-7-15)17-3-1-2-16(12-25)26-17/h1-7H,8-11,13H2. The van der Waals surface area contributed by atoms with Crippen LogP contribution in [0.5, 0.6) is 0 Å². The number of hydrogen-bond acceptors (Lipinski definition) is 6. The number of pyridine rings is 1. The van der Waals surface area contributed by atoms with Crippen LogP contribution < -0.4 is 0 Å². The summed E-state index contributed by atoms with van der Waals surface area (Å²) in [5.74, 6) is -4.12. The molecule has 1 aliphatic carbocycles. The lowest BCUT2D eigenvalue weighted by molar-refractivity contribution is -0.146. The van der Waals surface area contributed by atoms with Crippen molar-refractivity contribution in [3.05, 3.63) is 53.7 Å². The average Bonchev–Trinajstić information content (AvgIpc) is 3.00. The summed E-state index contributed by atoms with van der Waals surface area (Å²) in [4.78, 5) is 42.4. The third-order valence-electron chi connectivity index (χ3n) is 5.60. The van der Waals surface area contributed by atoms with Crippen molar-refractivity contribution in [2.45, 2.75) is 37.2 Å². The molecule has 31 heavy (non-hydrogen) atoms. The first-order chi connectivity index (χ1) is 14.7. The number of hydrogen-bond donors (Lipinski definition) is 0. The van der Waals surface area contributed by atoms with Crippen LogP contribution in [0.4, 0.5) is 13.6 Å². The van der Waals surface area contributed by atoms with Crippen molar-refractivity contribution < 1.29 is 27.9 Å². The Balaban J connectivity index is 1.46. The fraction of sp³-hybridized carbons (Fsp3) is 0.318. The maximum Gasteiger partial charge on any atom is 0.418 e. The topological polar surface area (TPSA) is 100 Å². The molecular weight excluding hydrogens is 408 g/mol. The number of imide groups is 1. The number of nitriles is 1. The molecular formula is C22H17F2N3O4. The van der Waals surface area contributed by atoms with E-state index in [0.29, 0.717) is 16.2 Å². The predicted octanol–water partition coefficient (Wildman–Crippen LogP) is 3.73. The average molecular weight is 425 g/mol.